The van der Waals surface area contributed by atoms with Crippen LogP contribution in [0.4, 0.5) is 0 Å². The molecule has 0 aromatic heterocycles. The van der Waals surface area contributed by atoms with Crippen LogP contribution < -0.4 is 0 Å². The van der Waals surface area contributed by atoms with Gasteiger partial charge in [0.25, 0.3) is 0 Å². The van der Waals surface area contributed by atoms with Crippen LogP contribution in [-0.2, 0) is 0 Å². The van der Waals surface area contributed by atoms with E-state index in [9.17, 15) is 0 Å². The van der Waals surface area contributed by atoms with Crippen molar-refractivity contribution in [3.8, 4) is 0 Å². The lowest BCUT2D eigenvalue weighted by Gasteiger charge is -2.01. The van der Waals surface area contributed by atoms with Gasteiger partial charge in [-0.25, -0.2) is 0 Å². The Kier molecular flexibility index (Phi) is 17.7. The van der Waals surface area contributed by atoms with Crippen molar-refractivity contribution in [2.45, 2.75) is 84.0 Å². The highest BCUT2D eigenvalue weighted by molar-refractivity contribution is 5.45. The topological polar surface area (TPSA) is 0 Å². The number of rotatable bonds is 13. The molecule has 0 nitrogen and oxygen atoms in total. The Labute approximate surface area is 145 Å². The first-order valence-electron chi connectivity index (χ1n) is 9.63. The maximum absolute atomic E-state index is 3.74. The third-order valence-electron chi connectivity index (χ3n) is 4.05. The summed E-state index contributed by atoms with van der Waals surface area (Å²) in [5, 5.41) is 0. The maximum atomic E-state index is 3.74. The number of allylic oxidation sites excluding steroid dienone is 1. The zero-order valence-corrected chi connectivity index (χ0v) is 15.4. The summed E-state index contributed by atoms with van der Waals surface area (Å²) >= 11 is 0. The van der Waals surface area contributed by atoms with E-state index in [0.717, 1.165) is 0 Å². The molecule has 1 aromatic carbocycles. The van der Waals surface area contributed by atoms with E-state index < -0.39 is 0 Å². The molecule has 0 saturated heterocycles. The number of hydrogen-bond acceptors (Lipinski definition) is 0. The van der Waals surface area contributed by atoms with Gasteiger partial charge in [-0.3, -0.25) is 0 Å². The van der Waals surface area contributed by atoms with Crippen molar-refractivity contribution >= 4 is 6.08 Å². The molecule has 0 spiro atoms. The first kappa shape index (κ1) is 21.7. The van der Waals surface area contributed by atoms with Gasteiger partial charge >= 0.3 is 0 Å². The predicted molar refractivity (Wildman–Crippen MR) is 108 cm³/mol. The van der Waals surface area contributed by atoms with Gasteiger partial charge in [0, 0.05) is 0 Å². The molecule has 1 aromatic rings. The number of hydrogen-bond donors (Lipinski definition) is 0. The van der Waals surface area contributed by atoms with Crippen molar-refractivity contribution in [1.82, 2.24) is 0 Å². The standard InChI is InChI=1S/C15H30.C8H8/c1-3-5-7-9-11-13-15-14-12-10-8-6-4-2;1-2-8-6-4-3-5-7-8/h3H,1,4-15H2,2H3;2-7H,1H2. The summed E-state index contributed by atoms with van der Waals surface area (Å²) < 4.78 is 0. The summed E-state index contributed by atoms with van der Waals surface area (Å²) in [4.78, 5) is 0. The molecule has 0 aliphatic heterocycles. The Morgan fingerprint density at radius 2 is 1.17 bits per heavy atom. The van der Waals surface area contributed by atoms with Crippen molar-refractivity contribution in [3.63, 3.8) is 0 Å². The molecular formula is C23H38. The van der Waals surface area contributed by atoms with E-state index in [1.54, 1.807) is 0 Å². The minimum atomic E-state index is 1.17. The van der Waals surface area contributed by atoms with E-state index in [1.807, 2.05) is 42.5 Å². The van der Waals surface area contributed by atoms with Crippen LogP contribution in [0.1, 0.15) is 89.5 Å². The van der Waals surface area contributed by atoms with Gasteiger partial charge in [-0.05, 0) is 18.4 Å². The van der Waals surface area contributed by atoms with Crippen molar-refractivity contribution in [2.24, 2.45) is 0 Å². The molecule has 0 N–H and O–H groups in total. The van der Waals surface area contributed by atoms with Crippen molar-refractivity contribution in [3.05, 3.63) is 55.1 Å². The smallest absolute Gasteiger partial charge is 0.0263 e. The molecule has 0 unspecified atom stereocenters. The Hall–Kier alpha value is -1.30. The maximum Gasteiger partial charge on any atom is -0.0263 e. The van der Waals surface area contributed by atoms with Crippen LogP contribution in [0.2, 0.25) is 0 Å². The van der Waals surface area contributed by atoms with Gasteiger partial charge in [-0.15, -0.1) is 6.58 Å². The largest absolute Gasteiger partial charge is 0.103 e. The Morgan fingerprint density at radius 3 is 1.57 bits per heavy atom. The molecule has 0 radical (unpaired) electrons. The Balaban J connectivity index is 0.000000502. The Morgan fingerprint density at radius 1 is 0.696 bits per heavy atom. The van der Waals surface area contributed by atoms with Gasteiger partial charge in [0.05, 0.1) is 0 Å². The quantitative estimate of drug-likeness (QED) is 0.254. The minimum absolute atomic E-state index is 1.17. The summed E-state index contributed by atoms with van der Waals surface area (Å²) in [6.07, 6.45) is 20.8. The highest BCUT2D eigenvalue weighted by Gasteiger charge is 1.92. The van der Waals surface area contributed by atoms with Gasteiger partial charge in [-0.1, -0.05) is 120 Å². The lowest BCUT2D eigenvalue weighted by Crippen LogP contribution is -1.81. The molecule has 0 bridgehead atoms. The molecule has 0 aliphatic carbocycles. The third kappa shape index (κ3) is 16.9. The molecule has 0 atom stereocenters. The molecule has 1 rings (SSSR count). The first-order chi connectivity index (χ1) is 11.3. The summed E-state index contributed by atoms with van der Waals surface area (Å²) in [7, 11) is 0. The van der Waals surface area contributed by atoms with Gasteiger partial charge in [-0.2, -0.15) is 0 Å². The second-order valence-electron chi connectivity index (χ2n) is 6.23. The third-order valence-corrected chi connectivity index (χ3v) is 4.05. The molecular weight excluding hydrogens is 276 g/mol. The van der Waals surface area contributed by atoms with E-state index in [0.29, 0.717) is 0 Å². The van der Waals surface area contributed by atoms with Crippen LogP contribution in [0.25, 0.3) is 6.08 Å². The van der Waals surface area contributed by atoms with Crippen molar-refractivity contribution in [2.75, 3.05) is 0 Å². The Bertz CT molecular complexity index is 350. The second-order valence-corrected chi connectivity index (χ2v) is 6.23. The van der Waals surface area contributed by atoms with Crippen molar-refractivity contribution < 1.29 is 0 Å². The molecule has 0 heterocycles. The molecule has 23 heavy (non-hydrogen) atoms. The summed E-state index contributed by atoms with van der Waals surface area (Å²) in [6, 6.07) is 10.0. The summed E-state index contributed by atoms with van der Waals surface area (Å²) in [5.74, 6) is 0. The average molecular weight is 315 g/mol. The van der Waals surface area contributed by atoms with E-state index in [-0.39, 0.29) is 0 Å². The van der Waals surface area contributed by atoms with Crippen LogP contribution >= 0.6 is 0 Å². The van der Waals surface area contributed by atoms with Gasteiger partial charge in [0.15, 0.2) is 0 Å². The molecule has 0 amide bonds. The number of benzene rings is 1. The van der Waals surface area contributed by atoms with Gasteiger partial charge in [0.1, 0.15) is 0 Å². The van der Waals surface area contributed by atoms with E-state index in [2.05, 4.69) is 20.1 Å². The highest BCUT2D eigenvalue weighted by atomic mass is 14.0. The van der Waals surface area contributed by atoms with Crippen molar-refractivity contribution in [1.29, 1.82) is 0 Å². The monoisotopic (exact) mass is 314 g/mol. The van der Waals surface area contributed by atoms with Gasteiger partial charge in [0.2, 0.25) is 0 Å². The SMILES string of the molecule is C=CCCCCCCCCCCCCC.C=Cc1ccccc1. The fourth-order valence-electron chi connectivity index (χ4n) is 2.54. The second kappa shape index (κ2) is 18.7. The van der Waals surface area contributed by atoms with E-state index >= 15 is 0 Å². The fraction of sp³-hybridized carbons (Fsp3) is 0.565. The summed E-state index contributed by atoms with van der Waals surface area (Å²) in [5.41, 5.74) is 1.17. The van der Waals surface area contributed by atoms with Crippen LogP contribution in [0, 0.1) is 0 Å². The number of unbranched alkanes of at least 4 members (excludes halogenated alkanes) is 11. The van der Waals surface area contributed by atoms with Crippen LogP contribution in [0.5, 0.6) is 0 Å². The molecule has 0 saturated carbocycles. The summed E-state index contributed by atoms with van der Waals surface area (Å²) in [6.45, 7) is 9.66. The van der Waals surface area contributed by atoms with Crippen LogP contribution in [-0.4, -0.2) is 0 Å². The highest BCUT2D eigenvalue weighted by Crippen LogP contribution is 2.11. The lowest BCUT2D eigenvalue weighted by molar-refractivity contribution is 0.550. The van der Waals surface area contributed by atoms with E-state index in [1.165, 1.54) is 82.6 Å². The zero-order valence-electron chi connectivity index (χ0n) is 15.4. The first-order valence-corrected chi connectivity index (χ1v) is 9.63. The van der Waals surface area contributed by atoms with Gasteiger partial charge < -0.3 is 0 Å². The molecule has 0 heteroatoms. The lowest BCUT2D eigenvalue weighted by atomic mass is 10.1. The molecule has 130 valence electrons. The zero-order chi connectivity index (χ0) is 17.0. The van der Waals surface area contributed by atoms with E-state index in [4.69, 9.17) is 0 Å². The molecule has 0 aliphatic rings. The van der Waals surface area contributed by atoms with Crippen LogP contribution in [0.15, 0.2) is 49.6 Å². The molecule has 0 fully saturated rings. The average Bonchev–Trinajstić information content (AvgIpc) is 2.61. The fourth-order valence-corrected chi connectivity index (χ4v) is 2.54. The normalized spacial score (nSPS) is 9.78. The predicted octanol–water partition coefficient (Wildman–Crippen LogP) is 8.20. The minimum Gasteiger partial charge on any atom is -0.103 e. The van der Waals surface area contributed by atoms with Crippen LogP contribution in [0.3, 0.4) is 0 Å².